The van der Waals surface area contributed by atoms with E-state index in [1.807, 2.05) is 17.3 Å². The van der Waals surface area contributed by atoms with Gasteiger partial charge in [-0.3, -0.25) is 4.79 Å². The number of amides is 1. The van der Waals surface area contributed by atoms with E-state index in [1.165, 1.54) is 0 Å². The molecule has 1 aliphatic heterocycles. The number of piperidine rings is 1. The molecule has 26 heavy (non-hydrogen) atoms. The van der Waals surface area contributed by atoms with Crippen molar-refractivity contribution in [3.8, 4) is 5.75 Å². The standard InChI is InChI=1S/C19H24ClN3O3/c1-25-12-11-23-10-7-21-19(23)15-5-8-22(9-6-15)18(24)14-26-17-4-2-3-16(20)13-17/h2-4,7,10,13,15H,5-6,8-9,11-12,14H2,1H3. The molecule has 0 radical (unpaired) electrons. The van der Waals surface area contributed by atoms with Gasteiger partial charge in [0, 0.05) is 50.1 Å². The number of benzene rings is 1. The Morgan fingerprint density at radius 1 is 1.35 bits per heavy atom. The zero-order valence-electron chi connectivity index (χ0n) is 14.9. The van der Waals surface area contributed by atoms with Gasteiger partial charge in [-0.2, -0.15) is 0 Å². The van der Waals surface area contributed by atoms with Crippen LogP contribution in [0.5, 0.6) is 5.75 Å². The van der Waals surface area contributed by atoms with Crippen LogP contribution < -0.4 is 4.74 Å². The quantitative estimate of drug-likeness (QED) is 0.744. The van der Waals surface area contributed by atoms with Crippen LogP contribution >= 0.6 is 11.6 Å². The molecule has 1 saturated heterocycles. The lowest BCUT2D eigenvalue weighted by atomic mass is 9.96. The minimum atomic E-state index is 0.00569. The Balaban J connectivity index is 1.49. The van der Waals surface area contributed by atoms with Crippen LogP contribution in [0.3, 0.4) is 0 Å². The maximum Gasteiger partial charge on any atom is 0.260 e. The minimum Gasteiger partial charge on any atom is -0.484 e. The molecule has 2 aromatic rings. The predicted octanol–water partition coefficient (Wildman–Crippen LogP) is 2.97. The molecule has 140 valence electrons. The number of halogens is 1. The highest BCUT2D eigenvalue weighted by atomic mass is 35.5. The summed E-state index contributed by atoms with van der Waals surface area (Å²) in [4.78, 5) is 18.8. The minimum absolute atomic E-state index is 0.00569. The third kappa shape index (κ3) is 4.77. The Bertz CT molecular complexity index is 726. The Morgan fingerprint density at radius 2 is 2.15 bits per heavy atom. The van der Waals surface area contributed by atoms with Gasteiger partial charge in [-0.25, -0.2) is 4.98 Å². The van der Waals surface area contributed by atoms with Crippen molar-refractivity contribution in [2.45, 2.75) is 25.3 Å². The zero-order chi connectivity index (χ0) is 18.4. The molecule has 6 nitrogen and oxygen atoms in total. The summed E-state index contributed by atoms with van der Waals surface area (Å²) in [6.45, 7) is 2.95. The molecule has 1 aliphatic rings. The van der Waals surface area contributed by atoms with Gasteiger partial charge >= 0.3 is 0 Å². The van der Waals surface area contributed by atoms with Crippen molar-refractivity contribution in [2.75, 3.05) is 33.4 Å². The first-order valence-corrected chi connectivity index (χ1v) is 9.21. The van der Waals surface area contributed by atoms with E-state index in [2.05, 4.69) is 9.55 Å². The summed E-state index contributed by atoms with van der Waals surface area (Å²) < 4.78 is 12.9. The number of likely N-dealkylation sites (tertiary alicyclic amines) is 1. The second-order valence-corrected chi connectivity index (χ2v) is 6.81. The summed E-state index contributed by atoms with van der Waals surface area (Å²) in [7, 11) is 1.70. The average Bonchev–Trinajstić information content (AvgIpc) is 3.13. The van der Waals surface area contributed by atoms with Crippen LogP contribution in [-0.2, 0) is 16.1 Å². The van der Waals surface area contributed by atoms with E-state index in [0.29, 0.717) is 23.3 Å². The molecule has 1 fully saturated rings. The van der Waals surface area contributed by atoms with Crippen molar-refractivity contribution >= 4 is 17.5 Å². The van der Waals surface area contributed by atoms with Crippen molar-refractivity contribution in [2.24, 2.45) is 0 Å². The summed E-state index contributed by atoms with van der Waals surface area (Å²) in [5.74, 6) is 2.08. The number of aromatic nitrogens is 2. The first-order valence-electron chi connectivity index (χ1n) is 8.83. The van der Waals surface area contributed by atoms with Gasteiger partial charge in [0.2, 0.25) is 0 Å². The molecule has 0 bridgehead atoms. The van der Waals surface area contributed by atoms with Crippen LogP contribution in [0.1, 0.15) is 24.6 Å². The van der Waals surface area contributed by atoms with Crippen molar-refractivity contribution in [1.82, 2.24) is 14.5 Å². The summed E-state index contributed by atoms with van der Waals surface area (Å²) >= 11 is 5.93. The molecular weight excluding hydrogens is 354 g/mol. The molecule has 0 aliphatic carbocycles. The SMILES string of the molecule is COCCn1ccnc1C1CCN(C(=O)COc2cccc(Cl)c2)CC1. The summed E-state index contributed by atoms with van der Waals surface area (Å²) in [5.41, 5.74) is 0. The van der Waals surface area contributed by atoms with E-state index in [-0.39, 0.29) is 12.5 Å². The molecule has 0 atom stereocenters. The maximum atomic E-state index is 12.4. The molecule has 2 heterocycles. The first-order chi connectivity index (χ1) is 12.7. The molecule has 1 aromatic heterocycles. The molecule has 0 N–H and O–H groups in total. The number of methoxy groups -OCH3 is 1. The van der Waals surface area contributed by atoms with Crippen LogP contribution in [0, 0.1) is 0 Å². The second kappa shape index (κ2) is 9.05. The number of carbonyl (C=O) groups excluding carboxylic acids is 1. The van der Waals surface area contributed by atoms with E-state index in [4.69, 9.17) is 21.1 Å². The fourth-order valence-electron chi connectivity index (χ4n) is 3.24. The van der Waals surface area contributed by atoms with Crippen LogP contribution in [0.4, 0.5) is 0 Å². The van der Waals surface area contributed by atoms with E-state index < -0.39 is 0 Å². The monoisotopic (exact) mass is 377 g/mol. The van der Waals surface area contributed by atoms with Gasteiger partial charge in [0.05, 0.1) is 6.61 Å². The molecule has 0 saturated carbocycles. The highest BCUT2D eigenvalue weighted by Gasteiger charge is 2.26. The van der Waals surface area contributed by atoms with Crippen molar-refractivity contribution in [1.29, 1.82) is 0 Å². The average molecular weight is 378 g/mol. The van der Waals surface area contributed by atoms with Gasteiger partial charge in [0.1, 0.15) is 11.6 Å². The first kappa shape index (κ1) is 18.7. The number of hydrogen-bond donors (Lipinski definition) is 0. The second-order valence-electron chi connectivity index (χ2n) is 6.37. The molecule has 0 spiro atoms. The maximum absolute atomic E-state index is 12.4. The van der Waals surface area contributed by atoms with E-state index in [1.54, 1.807) is 31.4 Å². The smallest absolute Gasteiger partial charge is 0.260 e. The Hall–Kier alpha value is -2.05. The van der Waals surface area contributed by atoms with Gasteiger partial charge in [-0.05, 0) is 31.0 Å². The number of nitrogens with zero attached hydrogens (tertiary/aromatic N) is 3. The fourth-order valence-corrected chi connectivity index (χ4v) is 3.42. The van der Waals surface area contributed by atoms with Gasteiger partial charge in [0.25, 0.3) is 5.91 Å². The van der Waals surface area contributed by atoms with E-state index in [9.17, 15) is 4.79 Å². The summed E-state index contributed by atoms with van der Waals surface area (Å²) in [6.07, 6.45) is 5.64. The number of imidazole rings is 1. The molecule has 7 heteroatoms. The third-order valence-corrected chi connectivity index (χ3v) is 4.89. The van der Waals surface area contributed by atoms with E-state index >= 15 is 0 Å². The highest BCUT2D eigenvalue weighted by Crippen LogP contribution is 2.27. The summed E-state index contributed by atoms with van der Waals surface area (Å²) in [5, 5.41) is 0.597. The van der Waals surface area contributed by atoms with Crippen LogP contribution in [-0.4, -0.2) is 53.8 Å². The van der Waals surface area contributed by atoms with Crippen LogP contribution in [0.25, 0.3) is 0 Å². The summed E-state index contributed by atoms with van der Waals surface area (Å²) in [6, 6.07) is 7.09. The van der Waals surface area contributed by atoms with Gasteiger partial charge in [0.15, 0.2) is 6.61 Å². The topological polar surface area (TPSA) is 56.6 Å². The lowest BCUT2D eigenvalue weighted by Crippen LogP contribution is -2.40. The number of carbonyl (C=O) groups is 1. The Labute approximate surface area is 158 Å². The zero-order valence-corrected chi connectivity index (χ0v) is 15.7. The van der Waals surface area contributed by atoms with Crippen molar-refractivity contribution < 1.29 is 14.3 Å². The lowest BCUT2D eigenvalue weighted by Gasteiger charge is -2.32. The Morgan fingerprint density at radius 3 is 2.88 bits per heavy atom. The molecular formula is C19H24ClN3O3. The molecule has 1 amide bonds. The van der Waals surface area contributed by atoms with E-state index in [0.717, 1.165) is 38.3 Å². The van der Waals surface area contributed by atoms with Crippen LogP contribution in [0.2, 0.25) is 5.02 Å². The predicted molar refractivity (Wildman–Crippen MR) is 99.6 cm³/mol. The fraction of sp³-hybridized carbons (Fsp3) is 0.474. The number of hydrogen-bond acceptors (Lipinski definition) is 4. The molecule has 3 rings (SSSR count). The van der Waals surface area contributed by atoms with Gasteiger partial charge in [-0.1, -0.05) is 17.7 Å². The molecule has 0 unspecified atom stereocenters. The lowest BCUT2D eigenvalue weighted by molar-refractivity contribution is -0.134. The number of ether oxygens (including phenoxy) is 2. The normalized spacial score (nSPS) is 15.2. The number of rotatable bonds is 7. The van der Waals surface area contributed by atoms with Crippen LogP contribution in [0.15, 0.2) is 36.7 Å². The van der Waals surface area contributed by atoms with Gasteiger partial charge < -0.3 is 18.9 Å². The Kier molecular flexibility index (Phi) is 6.52. The van der Waals surface area contributed by atoms with Crippen molar-refractivity contribution in [3.05, 3.63) is 47.5 Å². The van der Waals surface area contributed by atoms with Crippen molar-refractivity contribution in [3.63, 3.8) is 0 Å². The van der Waals surface area contributed by atoms with Gasteiger partial charge in [-0.15, -0.1) is 0 Å². The largest absolute Gasteiger partial charge is 0.484 e. The third-order valence-electron chi connectivity index (χ3n) is 4.66. The molecule has 1 aromatic carbocycles. The highest BCUT2D eigenvalue weighted by molar-refractivity contribution is 6.30.